The molecule has 1 amide bonds. The lowest BCUT2D eigenvalue weighted by molar-refractivity contribution is -0.120. The number of fused-ring (bicyclic) bond motifs is 2. The highest BCUT2D eigenvalue weighted by molar-refractivity contribution is 14.1. The molecule has 0 spiro atoms. The number of carbonyl (C=O) groups is 1. The van der Waals surface area contributed by atoms with Crippen LogP contribution in [0.1, 0.15) is 12.8 Å². The van der Waals surface area contributed by atoms with E-state index in [1.807, 2.05) is 18.2 Å². The van der Waals surface area contributed by atoms with Gasteiger partial charge in [-0.2, -0.15) is 0 Å². The number of carbonyl (C=O) groups excluding carboxylic acids is 1. The van der Waals surface area contributed by atoms with Crippen LogP contribution in [-0.4, -0.2) is 5.91 Å². The lowest BCUT2D eigenvalue weighted by atomic mass is 9.93. The molecule has 3 unspecified atom stereocenters. The van der Waals surface area contributed by atoms with Gasteiger partial charge in [0.15, 0.2) is 0 Å². The molecule has 18 heavy (non-hydrogen) atoms. The quantitative estimate of drug-likeness (QED) is 0.566. The van der Waals surface area contributed by atoms with Crippen molar-refractivity contribution >= 4 is 50.1 Å². The van der Waals surface area contributed by atoms with Gasteiger partial charge in [0.05, 0.1) is 0 Å². The van der Waals surface area contributed by atoms with Crippen molar-refractivity contribution in [3.8, 4) is 0 Å². The molecule has 0 aliphatic heterocycles. The summed E-state index contributed by atoms with van der Waals surface area (Å²) in [5.41, 5.74) is 0.874. The zero-order valence-corrected chi connectivity index (χ0v) is 13.4. The Morgan fingerprint density at radius 2 is 2.17 bits per heavy atom. The molecule has 1 fully saturated rings. The minimum absolute atomic E-state index is 0.165. The first-order valence-electron chi connectivity index (χ1n) is 6.08. The third-order valence-electron chi connectivity index (χ3n) is 3.80. The van der Waals surface area contributed by atoms with Crippen molar-refractivity contribution in [2.75, 3.05) is 5.32 Å². The predicted molar refractivity (Wildman–Crippen MR) is 84.3 cm³/mol. The van der Waals surface area contributed by atoms with E-state index in [1.54, 1.807) is 0 Å². The summed E-state index contributed by atoms with van der Waals surface area (Å²) in [7, 11) is 0. The first kappa shape index (κ1) is 12.7. The molecule has 3 atom stereocenters. The first-order valence-corrected chi connectivity index (χ1v) is 7.95. The second-order valence-electron chi connectivity index (χ2n) is 5.00. The van der Waals surface area contributed by atoms with E-state index in [4.69, 9.17) is 0 Å². The standard InChI is InChI=1S/C14H13BrINO/c15-12-7-10(3-4-13(12)16)17-14(18)11-6-8-1-2-9(11)5-8/h1-4,7-9,11H,5-6H2,(H,17,18). The predicted octanol–water partition coefficient (Wildman–Crippen LogP) is 4.20. The number of anilines is 1. The topological polar surface area (TPSA) is 29.1 Å². The molecule has 1 saturated carbocycles. The minimum Gasteiger partial charge on any atom is -0.326 e. The SMILES string of the molecule is O=C(Nc1ccc(I)c(Br)c1)C1CC2C=CC1C2. The maximum absolute atomic E-state index is 12.2. The number of allylic oxidation sites excluding steroid dienone is 2. The zero-order chi connectivity index (χ0) is 12.7. The summed E-state index contributed by atoms with van der Waals surface area (Å²) < 4.78 is 2.17. The zero-order valence-electron chi connectivity index (χ0n) is 9.70. The summed E-state index contributed by atoms with van der Waals surface area (Å²) in [5, 5.41) is 3.03. The Hall–Kier alpha value is -0.360. The van der Waals surface area contributed by atoms with Gasteiger partial charge in [0.1, 0.15) is 0 Å². The number of nitrogens with one attached hydrogen (secondary N) is 1. The normalized spacial score (nSPS) is 28.7. The van der Waals surface area contributed by atoms with Crippen molar-refractivity contribution in [2.24, 2.45) is 17.8 Å². The van der Waals surface area contributed by atoms with E-state index in [9.17, 15) is 4.79 Å². The summed E-state index contributed by atoms with van der Waals surface area (Å²) in [6.07, 6.45) is 6.64. The Morgan fingerprint density at radius 1 is 1.33 bits per heavy atom. The molecule has 2 aliphatic carbocycles. The highest BCUT2D eigenvalue weighted by atomic mass is 127. The van der Waals surface area contributed by atoms with Gasteiger partial charge >= 0.3 is 0 Å². The number of hydrogen-bond donors (Lipinski definition) is 1. The van der Waals surface area contributed by atoms with E-state index in [1.165, 1.54) is 0 Å². The fourth-order valence-corrected chi connectivity index (χ4v) is 3.61. The van der Waals surface area contributed by atoms with Crippen molar-refractivity contribution in [2.45, 2.75) is 12.8 Å². The Morgan fingerprint density at radius 3 is 2.78 bits per heavy atom. The number of benzene rings is 1. The van der Waals surface area contributed by atoms with Gasteiger partial charge in [-0.1, -0.05) is 12.2 Å². The third kappa shape index (κ3) is 2.37. The van der Waals surface area contributed by atoms with Gasteiger partial charge in [-0.3, -0.25) is 4.79 Å². The second kappa shape index (κ2) is 4.96. The summed E-state index contributed by atoms with van der Waals surface area (Å²) in [4.78, 5) is 12.2. The van der Waals surface area contributed by atoms with E-state index < -0.39 is 0 Å². The van der Waals surface area contributed by atoms with Gasteiger partial charge in [0.2, 0.25) is 5.91 Å². The molecule has 1 aromatic rings. The second-order valence-corrected chi connectivity index (χ2v) is 7.02. The van der Waals surface area contributed by atoms with Crippen LogP contribution in [0.15, 0.2) is 34.8 Å². The molecule has 0 radical (unpaired) electrons. The number of hydrogen-bond acceptors (Lipinski definition) is 1. The fourth-order valence-electron chi connectivity index (χ4n) is 2.89. The molecule has 2 bridgehead atoms. The molecule has 2 aliphatic rings. The van der Waals surface area contributed by atoms with Gasteiger partial charge in [-0.15, -0.1) is 0 Å². The largest absolute Gasteiger partial charge is 0.326 e. The Labute approximate surface area is 128 Å². The van der Waals surface area contributed by atoms with Crippen LogP contribution in [0.3, 0.4) is 0 Å². The van der Waals surface area contributed by atoms with E-state index in [0.717, 1.165) is 26.6 Å². The summed E-state index contributed by atoms with van der Waals surface area (Å²) in [5.74, 6) is 1.43. The molecule has 2 nitrogen and oxygen atoms in total. The molecular formula is C14H13BrINO. The van der Waals surface area contributed by atoms with Crippen LogP contribution in [0.5, 0.6) is 0 Å². The molecular weight excluding hydrogens is 405 g/mol. The Bertz CT molecular complexity index is 529. The minimum atomic E-state index is 0.165. The van der Waals surface area contributed by atoms with Crippen LogP contribution in [0.2, 0.25) is 0 Å². The third-order valence-corrected chi connectivity index (χ3v) is 6.14. The van der Waals surface area contributed by atoms with Crippen LogP contribution < -0.4 is 5.32 Å². The number of halogens is 2. The number of amides is 1. The van der Waals surface area contributed by atoms with Crippen LogP contribution in [0.25, 0.3) is 0 Å². The van der Waals surface area contributed by atoms with Crippen molar-refractivity contribution in [3.63, 3.8) is 0 Å². The Balaban J connectivity index is 1.71. The molecule has 1 aromatic carbocycles. The average Bonchev–Trinajstić information content (AvgIpc) is 2.96. The highest BCUT2D eigenvalue weighted by Crippen LogP contribution is 2.43. The molecule has 4 heteroatoms. The van der Waals surface area contributed by atoms with Crippen molar-refractivity contribution in [3.05, 3.63) is 38.4 Å². The van der Waals surface area contributed by atoms with E-state index in [0.29, 0.717) is 11.8 Å². The molecule has 1 N–H and O–H groups in total. The first-order chi connectivity index (χ1) is 8.63. The monoisotopic (exact) mass is 417 g/mol. The van der Waals surface area contributed by atoms with Gasteiger partial charge in [-0.25, -0.2) is 0 Å². The van der Waals surface area contributed by atoms with E-state index in [2.05, 4.69) is 56.0 Å². The molecule has 0 saturated heterocycles. The van der Waals surface area contributed by atoms with E-state index in [-0.39, 0.29) is 11.8 Å². The molecule has 94 valence electrons. The van der Waals surface area contributed by atoms with Crippen molar-refractivity contribution in [1.29, 1.82) is 0 Å². The molecule has 3 rings (SSSR count). The van der Waals surface area contributed by atoms with Gasteiger partial charge in [0, 0.05) is 19.6 Å². The highest BCUT2D eigenvalue weighted by Gasteiger charge is 2.39. The molecule has 0 heterocycles. The van der Waals surface area contributed by atoms with Gasteiger partial charge in [-0.05, 0) is 81.4 Å². The van der Waals surface area contributed by atoms with Crippen molar-refractivity contribution < 1.29 is 4.79 Å². The average molecular weight is 418 g/mol. The lowest BCUT2D eigenvalue weighted by Gasteiger charge is -2.17. The maximum Gasteiger partial charge on any atom is 0.228 e. The van der Waals surface area contributed by atoms with Crippen LogP contribution in [-0.2, 0) is 4.79 Å². The van der Waals surface area contributed by atoms with Crippen LogP contribution in [0.4, 0.5) is 5.69 Å². The maximum atomic E-state index is 12.2. The van der Waals surface area contributed by atoms with Crippen molar-refractivity contribution in [1.82, 2.24) is 0 Å². The molecule has 0 aromatic heterocycles. The fraction of sp³-hybridized carbons (Fsp3) is 0.357. The van der Waals surface area contributed by atoms with Crippen LogP contribution in [0, 0.1) is 21.3 Å². The smallest absolute Gasteiger partial charge is 0.228 e. The Kier molecular flexibility index (Phi) is 3.49. The van der Waals surface area contributed by atoms with Crippen LogP contribution >= 0.6 is 38.5 Å². The van der Waals surface area contributed by atoms with Gasteiger partial charge in [0.25, 0.3) is 0 Å². The number of rotatable bonds is 2. The van der Waals surface area contributed by atoms with E-state index >= 15 is 0 Å². The lowest BCUT2D eigenvalue weighted by Crippen LogP contribution is -2.25. The summed E-state index contributed by atoms with van der Waals surface area (Å²) >= 11 is 5.74. The van der Waals surface area contributed by atoms with Gasteiger partial charge < -0.3 is 5.32 Å². The summed E-state index contributed by atoms with van der Waals surface area (Å²) in [6.45, 7) is 0. The summed E-state index contributed by atoms with van der Waals surface area (Å²) in [6, 6.07) is 5.91.